The van der Waals surface area contributed by atoms with Crippen LogP contribution in [0.5, 0.6) is 11.5 Å². The Bertz CT molecular complexity index is 695. The monoisotopic (exact) mass is 317 g/mol. The molecule has 114 valence electrons. The Morgan fingerprint density at radius 3 is 2.68 bits per heavy atom. The first-order valence-corrected chi connectivity index (χ1v) is 7.24. The van der Waals surface area contributed by atoms with E-state index >= 15 is 0 Å². The van der Waals surface area contributed by atoms with Crippen molar-refractivity contribution in [3.63, 3.8) is 0 Å². The standard InChI is InChI=1S/C17H16ClNO3/c1-2-21-16-8-12(10-20)7-15(18)17(16)22-11-14-6-4-3-5-13(14)9-19/h3-8,20H,2,10-11H2,1H3. The Hall–Kier alpha value is -2.22. The van der Waals surface area contributed by atoms with Gasteiger partial charge in [-0.2, -0.15) is 5.26 Å². The summed E-state index contributed by atoms with van der Waals surface area (Å²) in [4.78, 5) is 0. The third-order valence-corrected chi connectivity index (χ3v) is 3.34. The van der Waals surface area contributed by atoms with Gasteiger partial charge in [-0.15, -0.1) is 0 Å². The second-order valence-corrected chi connectivity index (χ2v) is 4.96. The summed E-state index contributed by atoms with van der Waals surface area (Å²) in [5.74, 6) is 0.891. The van der Waals surface area contributed by atoms with Gasteiger partial charge in [0.2, 0.25) is 0 Å². The molecule has 0 saturated carbocycles. The van der Waals surface area contributed by atoms with Crippen LogP contribution in [0.3, 0.4) is 0 Å². The molecule has 0 aliphatic rings. The molecule has 0 aliphatic carbocycles. The number of nitriles is 1. The average molecular weight is 318 g/mol. The molecule has 1 N–H and O–H groups in total. The molecule has 4 nitrogen and oxygen atoms in total. The van der Waals surface area contributed by atoms with Gasteiger partial charge in [-0.1, -0.05) is 29.8 Å². The van der Waals surface area contributed by atoms with Crippen LogP contribution in [0.25, 0.3) is 0 Å². The number of halogens is 1. The van der Waals surface area contributed by atoms with E-state index in [4.69, 9.17) is 26.3 Å². The van der Waals surface area contributed by atoms with Crippen LogP contribution in [-0.2, 0) is 13.2 Å². The number of aliphatic hydroxyl groups excluding tert-OH is 1. The molecule has 22 heavy (non-hydrogen) atoms. The first-order valence-electron chi connectivity index (χ1n) is 6.86. The zero-order valence-corrected chi connectivity index (χ0v) is 12.9. The van der Waals surface area contributed by atoms with Crippen molar-refractivity contribution in [2.45, 2.75) is 20.1 Å². The molecule has 2 rings (SSSR count). The van der Waals surface area contributed by atoms with Crippen LogP contribution >= 0.6 is 11.6 Å². The zero-order valence-electron chi connectivity index (χ0n) is 12.2. The van der Waals surface area contributed by atoms with E-state index in [1.807, 2.05) is 19.1 Å². The molecule has 5 heteroatoms. The minimum Gasteiger partial charge on any atom is -0.490 e. The number of rotatable bonds is 6. The highest BCUT2D eigenvalue weighted by Gasteiger charge is 2.13. The maximum atomic E-state index is 9.23. The quantitative estimate of drug-likeness (QED) is 0.882. The molecule has 0 heterocycles. The minimum atomic E-state index is -0.128. The molecule has 0 atom stereocenters. The van der Waals surface area contributed by atoms with E-state index in [-0.39, 0.29) is 13.2 Å². The summed E-state index contributed by atoms with van der Waals surface area (Å²) in [6.45, 7) is 2.39. The Labute approximate surface area is 134 Å². The molecule has 0 spiro atoms. The van der Waals surface area contributed by atoms with E-state index in [2.05, 4.69) is 6.07 Å². The predicted octanol–water partition coefficient (Wildman–Crippen LogP) is 3.68. The van der Waals surface area contributed by atoms with Crippen molar-refractivity contribution in [3.8, 4) is 17.6 Å². The van der Waals surface area contributed by atoms with Crippen molar-refractivity contribution < 1.29 is 14.6 Å². The largest absolute Gasteiger partial charge is 0.490 e. The molecule has 0 unspecified atom stereocenters. The SMILES string of the molecule is CCOc1cc(CO)cc(Cl)c1OCc1ccccc1C#N. The smallest absolute Gasteiger partial charge is 0.180 e. The van der Waals surface area contributed by atoms with Crippen LogP contribution in [0, 0.1) is 11.3 Å². The summed E-state index contributed by atoms with van der Waals surface area (Å²) in [7, 11) is 0. The van der Waals surface area contributed by atoms with Crippen LogP contribution < -0.4 is 9.47 Å². The minimum absolute atomic E-state index is 0.128. The fourth-order valence-corrected chi connectivity index (χ4v) is 2.31. The topological polar surface area (TPSA) is 62.5 Å². The summed E-state index contributed by atoms with van der Waals surface area (Å²) in [6, 6.07) is 12.7. The molecule has 0 amide bonds. The highest BCUT2D eigenvalue weighted by molar-refractivity contribution is 6.32. The van der Waals surface area contributed by atoms with Crippen LogP contribution in [0.1, 0.15) is 23.6 Å². The van der Waals surface area contributed by atoms with Gasteiger partial charge in [-0.3, -0.25) is 0 Å². The lowest BCUT2D eigenvalue weighted by Crippen LogP contribution is -2.02. The molecule has 0 aromatic heterocycles. The molecule has 0 fully saturated rings. The molecule has 2 aromatic carbocycles. The van der Waals surface area contributed by atoms with Gasteiger partial charge in [0, 0.05) is 5.56 Å². The maximum Gasteiger partial charge on any atom is 0.180 e. The maximum absolute atomic E-state index is 9.23. The normalized spacial score (nSPS) is 10.1. The lowest BCUT2D eigenvalue weighted by Gasteiger charge is -2.15. The van der Waals surface area contributed by atoms with Crippen LogP contribution in [0.4, 0.5) is 0 Å². The highest BCUT2D eigenvalue weighted by atomic mass is 35.5. The van der Waals surface area contributed by atoms with E-state index in [0.717, 1.165) is 5.56 Å². The van der Waals surface area contributed by atoms with Gasteiger partial charge in [-0.05, 0) is 30.7 Å². The molecule has 0 bridgehead atoms. The lowest BCUT2D eigenvalue weighted by atomic mass is 10.1. The molecule has 0 saturated heterocycles. The first-order chi connectivity index (χ1) is 10.7. The van der Waals surface area contributed by atoms with Crippen molar-refractivity contribution in [1.82, 2.24) is 0 Å². The zero-order chi connectivity index (χ0) is 15.9. The Kier molecular flexibility index (Phi) is 5.65. The summed E-state index contributed by atoms with van der Waals surface area (Å²) >= 11 is 6.21. The highest BCUT2D eigenvalue weighted by Crippen LogP contribution is 2.37. The number of ether oxygens (including phenoxy) is 2. The molecule has 0 radical (unpaired) electrons. The summed E-state index contributed by atoms with van der Waals surface area (Å²) in [5, 5.41) is 18.7. The number of nitrogens with zero attached hydrogens (tertiary/aromatic N) is 1. The second-order valence-electron chi connectivity index (χ2n) is 4.55. The van der Waals surface area contributed by atoms with Crippen molar-refractivity contribution in [2.75, 3.05) is 6.61 Å². The number of hydrogen-bond acceptors (Lipinski definition) is 4. The summed E-state index contributed by atoms with van der Waals surface area (Å²) in [5.41, 5.74) is 1.98. The van der Waals surface area contributed by atoms with E-state index in [9.17, 15) is 5.11 Å². The second kappa shape index (κ2) is 7.69. The molecule has 0 aliphatic heterocycles. The summed E-state index contributed by atoms with van der Waals surface area (Å²) in [6.07, 6.45) is 0. The van der Waals surface area contributed by atoms with Gasteiger partial charge in [0.1, 0.15) is 6.61 Å². The third kappa shape index (κ3) is 3.70. The molecular weight excluding hydrogens is 302 g/mol. The van der Waals surface area contributed by atoms with E-state index in [0.29, 0.717) is 34.3 Å². The summed E-state index contributed by atoms with van der Waals surface area (Å²) < 4.78 is 11.3. The van der Waals surface area contributed by atoms with E-state index < -0.39 is 0 Å². The Balaban J connectivity index is 2.27. The number of benzene rings is 2. The van der Waals surface area contributed by atoms with Gasteiger partial charge in [-0.25, -0.2) is 0 Å². The van der Waals surface area contributed by atoms with E-state index in [1.165, 1.54) is 0 Å². The van der Waals surface area contributed by atoms with Gasteiger partial charge in [0.15, 0.2) is 11.5 Å². The van der Waals surface area contributed by atoms with Crippen molar-refractivity contribution in [1.29, 1.82) is 5.26 Å². The van der Waals surface area contributed by atoms with Gasteiger partial charge >= 0.3 is 0 Å². The number of hydrogen-bond donors (Lipinski definition) is 1. The van der Waals surface area contributed by atoms with Crippen LogP contribution in [-0.4, -0.2) is 11.7 Å². The predicted molar refractivity (Wildman–Crippen MR) is 84.0 cm³/mol. The van der Waals surface area contributed by atoms with Crippen molar-refractivity contribution in [3.05, 3.63) is 58.1 Å². The fraction of sp³-hybridized carbons (Fsp3) is 0.235. The van der Waals surface area contributed by atoms with Gasteiger partial charge < -0.3 is 14.6 Å². The Morgan fingerprint density at radius 2 is 2.00 bits per heavy atom. The lowest BCUT2D eigenvalue weighted by molar-refractivity contribution is 0.264. The van der Waals surface area contributed by atoms with Crippen molar-refractivity contribution in [2.24, 2.45) is 0 Å². The van der Waals surface area contributed by atoms with Gasteiger partial charge in [0.05, 0.1) is 29.9 Å². The Morgan fingerprint density at radius 1 is 1.23 bits per heavy atom. The van der Waals surface area contributed by atoms with Crippen LogP contribution in [0.2, 0.25) is 5.02 Å². The number of aliphatic hydroxyl groups is 1. The average Bonchev–Trinajstić information content (AvgIpc) is 2.54. The van der Waals surface area contributed by atoms with Crippen LogP contribution in [0.15, 0.2) is 36.4 Å². The molecule has 2 aromatic rings. The third-order valence-electron chi connectivity index (χ3n) is 3.06. The molecular formula is C17H16ClNO3. The first kappa shape index (κ1) is 16.2. The van der Waals surface area contributed by atoms with Gasteiger partial charge in [0.25, 0.3) is 0 Å². The van der Waals surface area contributed by atoms with Crippen molar-refractivity contribution >= 4 is 11.6 Å². The fourth-order valence-electron chi connectivity index (χ4n) is 2.02. The van der Waals surface area contributed by atoms with E-state index in [1.54, 1.807) is 24.3 Å².